The predicted octanol–water partition coefficient (Wildman–Crippen LogP) is 6.49. The minimum atomic E-state index is 0.932. The van der Waals surface area contributed by atoms with E-state index >= 15 is 0 Å². The molecule has 0 unspecified atom stereocenters. The molecule has 1 heterocycles. The third-order valence-electron chi connectivity index (χ3n) is 4.84. The van der Waals surface area contributed by atoms with Crippen LogP contribution in [0.1, 0.15) is 23.3 Å². The fraction of sp³-hybridized carbons (Fsp3) is 0.0417. The fourth-order valence-corrected chi connectivity index (χ4v) is 3.64. The van der Waals surface area contributed by atoms with Crippen LogP contribution in [-0.4, -0.2) is 0 Å². The van der Waals surface area contributed by atoms with Gasteiger partial charge in [0.1, 0.15) is 11.3 Å². The molecule has 25 heavy (non-hydrogen) atoms. The van der Waals surface area contributed by atoms with Gasteiger partial charge in [0.2, 0.25) is 0 Å². The Morgan fingerprint density at radius 2 is 1.40 bits per heavy atom. The summed E-state index contributed by atoms with van der Waals surface area (Å²) < 4.78 is 6.13. The Morgan fingerprint density at radius 1 is 0.680 bits per heavy atom. The average Bonchev–Trinajstić information content (AvgIpc) is 3.07. The molecule has 1 heteroatoms. The molecule has 0 aliphatic heterocycles. The van der Waals surface area contributed by atoms with E-state index in [2.05, 4.69) is 84.9 Å². The van der Waals surface area contributed by atoms with E-state index in [0.29, 0.717) is 0 Å². The molecule has 0 saturated heterocycles. The Labute approximate surface area is 147 Å². The Bertz CT molecular complexity index is 1060. The van der Waals surface area contributed by atoms with Crippen molar-refractivity contribution >= 4 is 17.0 Å². The maximum atomic E-state index is 6.13. The molecule has 0 bridgehead atoms. The zero-order valence-electron chi connectivity index (χ0n) is 13.8. The molecular weight excluding hydrogens is 304 g/mol. The first kappa shape index (κ1) is 14.3. The normalized spacial score (nSPS) is 13.9. The summed E-state index contributed by atoms with van der Waals surface area (Å²) in [5, 5.41) is 1.19. The van der Waals surface area contributed by atoms with E-state index in [0.717, 1.165) is 17.8 Å². The number of hydrogen-bond acceptors (Lipinski definition) is 1. The van der Waals surface area contributed by atoms with Crippen LogP contribution < -0.4 is 0 Å². The highest BCUT2D eigenvalue weighted by Gasteiger charge is 2.25. The summed E-state index contributed by atoms with van der Waals surface area (Å²) in [5.74, 6) is 2.30. The van der Waals surface area contributed by atoms with Gasteiger partial charge in [0.15, 0.2) is 0 Å². The third kappa shape index (κ3) is 2.40. The molecule has 0 spiro atoms. The molecule has 0 amide bonds. The number of rotatable bonds is 2. The summed E-state index contributed by atoms with van der Waals surface area (Å²) in [6.45, 7) is 0. The zero-order valence-corrected chi connectivity index (χ0v) is 13.8. The van der Waals surface area contributed by atoms with Crippen LogP contribution in [0.25, 0.3) is 28.2 Å². The highest BCUT2D eigenvalue weighted by molar-refractivity contribution is 5.92. The maximum absolute atomic E-state index is 6.13. The van der Waals surface area contributed by atoms with Gasteiger partial charge in [-0.1, -0.05) is 72.8 Å². The largest absolute Gasteiger partial charge is 0.456 e. The Morgan fingerprint density at radius 3 is 2.16 bits per heavy atom. The maximum Gasteiger partial charge on any atom is 0.135 e. The topological polar surface area (TPSA) is 13.1 Å². The number of benzene rings is 3. The van der Waals surface area contributed by atoms with E-state index < -0.39 is 0 Å². The zero-order chi connectivity index (χ0) is 16.6. The second kappa shape index (κ2) is 5.78. The molecule has 4 aromatic rings. The van der Waals surface area contributed by atoms with Gasteiger partial charge in [0.25, 0.3) is 0 Å². The third-order valence-corrected chi connectivity index (χ3v) is 4.84. The average molecular weight is 321 g/mol. The van der Waals surface area contributed by atoms with Gasteiger partial charge in [-0.25, -0.2) is 0 Å². The number of fused-ring (bicyclic) bond motifs is 3. The summed E-state index contributed by atoms with van der Waals surface area (Å²) in [4.78, 5) is 0. The van der Waals surface area contributed by atoms with Crippen molar-refractivity contribution in [3.8, 4) is 11.1 Å². The van der Waals surface area contributed by atoms with E-state index in [4.69, 9.17) is 4.42 Å². The van der Waals surface area contributed by atoms with Crippen molar-refractivity contribution in [3.05, 3.63) is 108 Å². The van der Waals surface area contributed by atoms with Gasteiger partial charge in [-0.2, -0.15) is 0 Å². The standard InChI is InChI=1S/C24H17O/c1-3-8-17(9-4-1)19-14-15-22-21(16-19)24-20(12-7-13-23(24)25-22)18-10-5-2-6-11-18/h1-11,13-16H,12H2. The minimum Gasteiger partial charge on any atom is -0.456 e. The molecule has 1 aromatic heterocycles. The molecular formula is C24H17O. The van der Waals surface area contributed by atoms with Crippen molar-refractivity contribution in [2.24, 2.45) is 0 Å². The second-order valence-corrected chi connectivity index (χ2v) is 6.37. The molecule has 0 fully saturated rings. The van der Waals surface area contributed by atoms with Gasteiger partial charge in [0.05, 0.1) is 0 Å². The Kier molecular flexibility index (Phi) is 3.31. The van der Waals surface area contributed by atoms with Gasteiger partial charge in [-0.15, -0.1) is 0 Å². The molecule has 1 radical (unpaired) electrons. The Balaban J connectivity index is 1.72. The summed E-state index contributed by atoms with van der Waals surface area (Å²) in [6.07, 6.45) is 5.22. The van der Waals surface area contributed by atoms with Crippen LogP contribution in [0.3, 0.4) is 0 Å². The summed E-state index contributed by atoms with van der Waals surface area (Å²) >= 11 is 0. The first-order valence-corrected chi connectivity index (χ1v) is 8.60. The lowest BCUT2D eigenvalue weighted by Gasteiger charge is -2.18. The van der Waals surface area contributed by atoms with E-state index in [1.165, 1.54) is 33.6 Å². The Hall–Kier alpha value is -3.06. The number of furan rings is 1. The van der Waals surface area contributed by atoms with Crippen LogP contribution in [0, 0.1) is 5.92 Å². The lowest BCUT2D eigenvalue weighted by Crippen LogP contribution is -2.04. The number of hydrogen-bond donors (Lipinski definition) is 0. The van der Waals surface area contributed by atoms with Crippen LogP contribution in [0.4, 0.5) is 0 Å². The van der Waals surface area contributed by atoms with Crippen molar-refractivity contribution in [2.75, 3.05) is 0 Å². The van der Waals surface area contributed by atoms with Crippen LogP contribution in [0.5, 0.6) is 0 Å². The molecule has 0 atom stereocenters. The minimum absolute atomic E-state index is 0.932. The van der Waals surface area contributed by atoms with Crippen LogP contribution in [0.2, 0.25) is 0 Å². The first-order chi connectivity index (χ1) is 12.4. The van der Waals surface area contributed by atoms with Crippen molar-refractivity contribution in [1.29, 1.82) is 0 Å². The fourth-order valence-electron chi connectivity index (χ4n) is 3.64. The second-order valence-electron chi connectivity index (χ2n) is 6.37. The van der Waals surface area contributed by atoms with E-state index in [1.54, 1.807) is 0 Å². The van der Waals surface area contributed by atoms with Gasteiger partial charge in [0, 0.05) is 16.9 Å². The van der Waals surface area contributed by atoms with Crippen LogP contribution in [-0.2, 0) is 0 Å². The highest BCUT2D eigenvalue weighted by Crippen LogP contribution is 2.41. The number of allylic oxidation sites excluding steroid dienone is 1. The van der Waals surface area contributed by atoms with Gasteiger partial charge in [-0.3, -0.25) is 0 Å². The van der Waals surface area contributed by atoms with E-state index in [9.17, 15) is 0 Å². The van der Waals surface area contributed by atoms with Gasteiger partial charge >= 0.3 is 0 Å². The predicted molar refractivity (Wildman–Crippen MR) is 103 cm³/mol. The highest BCUT2D eigenvalue weighted by atomic mass is 16.3. The van der Waals surface area contributed by atoms with Crippen molar-refractivity contribution < 1.29 is 4.42 Å². The van der Waals surface area contributed by atoms with Crippen LogP contribution in [0.15, 0.2) is 89.4 Å². The van der Waals surface area contributed by atoms with Crippen molar-refractivity contribution in [2.45, 2.75) is 6.42 Å². The van der Waals surface area contributed by atoms with Gasteiger partial charge < -0.3 is 4.42 Å². The molecule has 5 rings (SSSR count). The van der Waals surface area contributed by atoms with Gasteiger partial charge in [-0.05, 0) is 41.3 Å². The van der Waals surface area contributed by atoms with Crippen LogP contribution >= 0.6 is 0 Å². The lowest BCUT2D eigenvalue weighted by atomic mass is 9.83. The van der Waals surface area contributed by atoms with Crippen molar-refractivity contribution in [1.82, 2.24) is 0 Å². The van der Waals surface area contributed by atoms with E-state index in [1.807, 2.05) is 6.07 Å². The SMILES string of the molecule is C1=Cc2oc3ccc(-c4ccccc4)cc3c2[C](c2ccccc2)C1. The lowest BCUT2D eigenvalue weighted by molar-refractivity contribution is 0.598. The monoisotopic (exact) mass is 321 g/mol. The molecule has 0 saturated carbocycles. The smallest absolute Gasteiger partial charge is 0.135 e. The molecule has 1 aliphatic rings. The van der Waals surface area contributed by atoms with Crippen molar-refractivity contribution in [3.63, 3.8) is 0 Å². The molecule has 0 N–H and O–H groups in total. The summed E-state index contributed by atoms with van der Waals surface area (Å²) in [7, 11) is 0. The molecule has 1 aliphatic carbocycles. The van der Waals surface area contributed by atoms with E-state index in [-0.39, 0.29) is 0 Å². The first-order valence-electron chi connectivity index (χ1n) is 8.60. The quantitative estimate of drug-likeness (QED) is 0.411. The molecule has 1 nitrogen and oxygen atoms in total. The molecule has 3 aromatic carbocycles. The summed E-state index contributed by atoms with van der Waals surface area (Å²) in [5.41, 5.74) is 5.90. The molecule has 119 valence electrons. The summed E-state index contributed by atoms with van der Waals surface area (Å²) in [6, 6.07) is 27.6.